The van der Waals surface area contributed by atoms with Gasteiger partial charge in [0.2, 0.25) is 0 Å². The summed E-state index contributed by atoms with van der Waals surface area (Å²) in [4.78, 5) is 0. The molecule has 0 aromatic heterocycles. The van der Waals surface area contributed by atoms with Crippen molar-refractivity contribution in [1.82, 2.24) is 0 Å². The number of rotatable bonds is 3. The molecule has 21 heavy (non-hydrogen) atoms. The molecule has 0 spiro atoms. The fourth-order valence-electron chi connectivity index (χ4n) is 2.18. The molecule has 0 aliphatic carbocycles. The molecule has 0 fully saturated rings. The molecule has 0 aliphatic rings. The predicted molar refractivity (Wildman–Crippen MR) is 105 cm³/mol. The fourth-order valence-corrected chi connectivity index (χ4v) is 11.1. The molecule has 3 heteroatoms. The Labute approximate surface area is 155 Å². The molecule has 0 heterocycles. The van der Waals surface area contributed by atoms with E-state index >= 15 is 0 Å². The van der Waals surface area contributed by atoms with E-state index in [4.69, 9.17) is 0 Å². The van der Waals surface area contributed by atoms with Crippen molar-refractivity contribution in [3.63, 3.8) is 0 Å². The normalized spacial score (nSPS) is 9.57. The van der Waals surface area contributed by atoms with Gasteiger partial charge >= 0.3 is 123 Å². The molecule has 0 aliphatic heterocycles. The average molecular weight is 602 g/mol. The summed E-state index contributed by atoms with van der Waals surface area (Å²) in [7, 11) is 0. The van der Waals surface area contributed by atoms with Crippen LogP contribution < -0.4 is 9.81 Å². The Kier molecular flexibility index (Phi) is 8.40. The third kappa shape index (κ3) is 4.74. The van der Waals surface area contributed by atoms with Gasteiger partial charge in [0.15, 0.2) is 0 Å². The molecule has 3 aromatic rings. The van der Waals surface area contributed by atoms with Crippen molar-refractivity contribution < 1.29 is 0 Å². The molecule has 3 rings (SSSR count). The predicted octanol–water partition coefficient (Wildman–Crippen LogP) is 3.36. The molecule has 0 saturated heterocycles. The Morgan fingerprint density at radius 1 is 0.381 bits per heavy atom. The number of hydrogen-bond acceptors (Lipinski definition) is 0. The zero-order valence-electron chi connectivity index (χ0n) is 11.4. The summed E-state index contributed by atoms with van der Waals surface area (Å²) in [5.41, 5.74) is 0. The van der Waals surface area contributed by atoms with Gasteiger partial charge < -0.3 is 0 Å². The second-order valence-corrected chi connectivity index (χ2v) is 13.0. The average Bonchev–Trinajstić information content (AvgIpc) is 2.51. The van der Waals surface area contributed by atoms with Crippen LogP contribution in [0, 0.1) is 0 Å². The molecule has 0 atom stereocenters. The standard InChI is InChI=1S/3C6H5.Bi.2BrH/c3*1-2-4-6-5-3-1;;;/h3*1-5H;;2*1H. The monoisotopic (exact) mass is 600 g/mol. The molecular weight excluding hydrogens is 585 g/mol. The van der Waals surface area contributed by atoms with Crippen molar-refractivity contribution in [2.75, 3.05) is 0 Å². The van der Waals surface area contributed by atoms with Crippen LogP contribution in [0.25, 0.3) is 0 Å². The van der Waals surface area contributed by atoms with E-state index in [1.807, 2.05) is 0 Å². The topological polar surface area (TPSA) is 0 Å². The van der Waals surface area contributed by atoms with Crippen molar-refractivity contribution >= 4 is 65.5 Å². The van der Waals surface area contributed by atoms with Gasteiger partial charge in [-0.2, -0.15) is 0 Å². The summed E-state index contributed by atoms with van der Waals surface area (Å²) in [6, 6.07) is 33.0. The van der Waals surface area contributed by atoms with Crippen LogP contribution >= 0.6 is 34.0 Å². The molecule has 0 amide bonds. The SMILES string of the molecule is Br.Br.c1cc[c]([Bi]([c]2ccccc2)[c]2ccccc2)cc1. The zero-order chi connectivity index (χ0) is 12.9. The van der Waals surface area contributed by atoms with Crippen LogP contribution in [0.3, 0.4) is 0 Å². The molecule has 3 aromatic carbocycles. The molecule has 0 bridgehead atoms. The van der Waals surface area contributed by atoms with Crippen LogP contribution in [0.5, 0.6) is 0 Å². The second-order valence-electron chi connectivity index (χ2n) is 4.34. The van der Waals surface area contributed by atoms with Gasteiger partial charge in [0, 0.05) is 0 Å². The van der Waals surface area contributed by atoms with E-state index in [2.05, 4.69) is 91.0 Å². The minimum atomic E-state index is -2.06. The molecule has 0 N–H and O–H groups in total. The Morgan fingerprint density at radius 3 is 0.857 bits per heavy atom. The Balaban J connectivity index is 0.00000110. The van der Waals surface area contributed by atoms with Crippen LogP contribution in [0.4, 0.5) is 0 Å². The first-order valence-electron chi connectivity index (χ1n) is 6.40. The maximum atomic E-state index is 2.29. The summed E-state index contributed by atoms with van der Waals surface area (Å²) in [6.07, 6.45) is 0. The summed E-state index contributed by atoms with van der Waals surface area (Å²) >= 11 is -2.06. The molecule has 0 nitrogen and oxygen atoms in total. The Bertz CT molecular complexity index is 533. The molecule has 0 saturated carbocycles. The summed E-state index contributed by atoms with van der Waals surface area (Å²) in [5, 5.41) is 0. The number of benzene rings is 3. The molecule has 108 valence electrons. The van der Waals surface area contributed by atoms with Crippen molar-refractivity contribution in [2.45, 2.75) is 0 Å². The molecule has 0 radical (unpaired) electrons. The zero-order valence-corrected chi connectivity index (χ0v) is 18.3. The first-order chi connectivity index (χ1) is 9.45. The Hall–Kier alpha value is -0.497. The summed E-state index contributed by atoms with van der Waals surface area (Å²) in [6.45, 7) is 0. The van der Waals surface area contributed by atoms with Crippen LogP contribution in [0.1, 0.15) is 0 Å². The Morgan fingerprint density at radius 2 is 0.619 bits per heavy atom. The molecular formula is C18H17BiBr2. The van der Waals surface area contributed by atoms with E-state index in [-0.39, 0.29) is 34.0 Å². The van der Waals surface area contributed by atoms with E-state index in [1.165, 1.54) is 9.81 Å². The van der Waals surface area contributed by atoms with E-state index < -0.39 is 21.8 Å². The van der Waals surface area contributed by atoms with Crippen molar-refractivity contribution in [3.8, 4) is 0 Å². The van der Waals surface area contributed by atoms with Gasteiger partial charge in [-0.05, 0) is 0 Å². The van der Waals surface area contributed by atoms with Gasteiger partial charge in [0.25, 0.3) is 0 Å². The quantitative estimate of drug-likeness (QED) is 0.404. The van der Waals surface area contributed by atoms with Crippen molar-refractivity contribution in [2.24, 2.45) is 0 Å². The van der Waals surface area contributed by atoms with E-state index in [9.17, 15) is 0 Å². The molecule has 0 unspecified atom stereocenters. The first-order valence-corrected chi connectivity index (χ1v) is 11.6. The summed E-state index contributed by atoms with van der Waals surface area (Å²) < 4.78 is 4.61. The van der Waals surface area contributed by atoms with Crippen molar-refractivity contribution in [3.05, 3.63) is 91.0 Å². The third-order valence-electron chi connectivity index (χ3n) is 3.04. The fraction of sp³-hybridized carbons (Fsp3) is 0. The first kappa shape index (κ1) is 18.6. The maximum absolute atomic E-state index is 2.29. The van der Waals surface area contributed by atoms with Crippen LogP contribution in [-0.2, 0) is 0 Å². The third-order valence-corrected chi connectivity index (χ3v) is 12.5. The van der Waals surface area contributed by atoms with Crippen LogP contribution in [0.2, 0.25) is 0 Å². The number of halogens is 2. The van der Waals surface area contributed by atoms with Gasteiger partial charge in [-0.25, -0.2) is 0 Å². The van der Waals surface area contributed by atoms with E-state index in [0.29, 0.717) is 0 Å². The second kappa shape index (κ2) is 9.51. The van der Waals surface area contributed by atoms with Crippen molar-refractivity contribution in [1.29, 1.82) is 0 Å². The number of hydrogen-bond donors (Lipinski definition) is 0. The van der Waals surface area contributed by atoms with Gasteiger partial charge in [0.05, 0.1) is 0 Å². The van der Waals surface area contributed by atoms with Crippen LogP contribution in [-0.4, -0.2) is 21.8 Å². The van der Waals surface area contributed by atoms with Gasteiger partial charge in [-0.3, -0.25) is 0 Å². The van der Waals surface area contributed by atoms with E-state index in [1.54, 1.807) is 0 Å². The van der Waals surface area contributed by atoms with Crippen LogP contribution in [0.15, 0.2) is 91.0 Å². The van der Waals surface area contributed by atoms with E-state index in [0.717, 1.165) is 0 Å². The summed E-state index contributed by atoms with van der Waals surface area (Å²) in [5.74, 6) is 0. The van der Waals surface area contributed by atoms with Gasteiger partial charge in [-0.15, -0.1) is 34.0 Å². The van der Waals surface area contributed by atoms with Gasteiger partial charge in [-0.1, -0.05) is 0 Å². The minimum absolute atomic E-state index is 0. The van der Waals surface area contributed by atoms with Gasteiger partial charge in [0.1, 0.15) is 0 Å².